The number of anilines is 2. The van der Waals surface area contributed by atoms with Crippen LogP contribution < -0.4 is 10.6 Å². The Morgan fingerprint density at radius 2 is 2.06 bits per heavy atom. The molecule has 1 aliphatic carbocycles. The van der Waals surface area contributed by atoms with Gasteiger partial charge in [-0.05, 0) is 31.0 Å². The van der Waals surface area contributed by atoms with Crippen LogP contribution in [0.5, 0.6) is 0 Å². The summed E-state index contributed by atoms with van der Waals surface area (Å²) in [4.78, 5) is 2.22. The van der Waals surface area contributed by atoms with Gasteiger partial charge in [0.05, 0.1) is 18.0 Å². The van der Waals surface area contributed by atoms with E-state index in [2.05, 4.69) is 4.90 Å². The Kier molecular flexibility index (Phi) is 4.13. The first-order chi connectivity index (χ1) is 8.22. The van der Waals surface area contributed by atoms with E-state index in [1.807, 2.05) is 12.1 Å². The molecule has 0 unspecified atom stereocenters. The molecule has 0 saturated heterocycles. The summed E-state index contributed by atoms with van der Waals surface area (Å²) < 4.78 is 0. The highest BCUT2D eigenvalue weighted by Gasteiger charge is 2.23. The second-order valence-electron chi connectivity index (χ2n) is 4.56. The van der Waals surface area contributed by atoms with Crippen molar-refractivity contribution in [2.75, 3.05) is 23.8 Å². The first-order valence-electron chi connectivity index (χ1n) is 6.15. The third-order valence-corrected chi connectivity index (χ3v) is 3.64. The highest BCUT2D eigenvalue weighted by Crippen LogP contribution is 2.32. The van der Waals surface area contributed by atoms with Gasteiger partial charge < -0.3 is 15.7 Å². The fourth-order valence-electron chi connectivity index (χ4n) is 2.61. The van der Waals surface area contributed by atoms with E-state index in [0.29, 0.717) is 23.3 Å². The lowest BCUT2D eigenvalue weighted by molar-refractivity contribution is 0.297. The molecule has 0 aromatic heterocycles. The Labute approximate surface area is 107 Å². The molecule has 1 aliphatic rings. The minimum Gasteiger partial charge on any atom is -0.397 e. The van der Waals surface area contributed by atoms with Crippen molar-refractivity contribution in [3.8, 4) is 0 Å². The van der Waals surface area contributed by atoms with E-state index in [9.17, 15) is 5.11 Å². The second-order valence-corrected chi connectivity index (χ2v) is 4.99. The zero-order valence-electron chi connectivity index (χ0n) is 9.90. The zero-order valence-corrected chi connectivity index (χ0v) is 10.7. The molecule has 17 heavy (non-hydrogen) atoms. The average molecular weight is 255 g/mol. The van der Waals surface area contributed by atoms with Crippen LogP contribution in [0.25, 0.3) is 0 Å². The number of nitrogen functional groups attached to an aromatic ring is 1. The first kappa shape index (κ1) is 12.5. The number of halogens is 1. The highest BCUT2D eigenvalue weighted by atomic mass is 35.5. The van der Waals surface area contributed by atoms with E-state index in [0.717, 1.165) is 5.69 Å². The zero-order chi connectivity index (χ0) is 12.3. The molecule has 1 saturated carbocycles. The molecular weight excluding hydrogens is 236 g/mol. The molecule has 0 radical (unpaired) electrons. The third-order valence-electron chi connectivity index (χ3n) is 3.41. The van der Waals surface area contributed by atoms with Crippen LogP contribution in [0.4, 0.5) is 11.4 Å². The maximum atomic E-state index is 9.20. The Morgan fingerprint density at radius 3 is 2.65 bits per heavy atom. The normalized spacial score (nSPS) is 16.4. The summed E-state index contributed by atoms with van der Waals surface area (Å²) in [5.74, 6) is 0. The second kappa shape index (κ2) is 5.61. The lowest BCUT2D eigenvalue weighted by atomic mass is 10.1. The summed E-state index contributed by atoms with van der Waals surface area (Å²) in [5, 5.41) is 9.85. The molecule has 3 nitrogen and oxygen atoms in total. The van der Waals surface area contributed by atoms with Crippen LogP contribution in [0.15, 0.2) is 18.2 Å². The van der Waals surface area contributed by atoms with Gasteiger partial charge in [0.1, 0.15) is 0 Å². The fraction of sp³-hybridized carbons (Fsp3) is 0.538. The van der Waals surface area contributed by atoms with Gasteiger partial charge in [0.25, 0.3) is 0 Å². The quantitative estimate of drug-likeness (QED) is 0.813. The summed E-state index contributed by atoms with van der Waals surface area (Å²) in [6.07, 6.45) is 4.89. The summed E-state index contributed by atoms with van der Waals surface area (Å²) >= 11 is 5.91. The number of hydrogen-bond donors (Lipinski definition) is 2. The Hall–Kier alpha value is -0.930. The number of hydrogen-bond acceptors (Lipinski definition) is 3. The molecule has 94 valence electrons. The molecule has 0 heterocycles. The molecule has 0 bridgehead atoms. The molecule has 0 atom stereocenters. The predicted molar refractivity (Wildman–Crippen MR) is 72.6 cm³/mol. The van der Waals surface area contributed by atoms with Crippen molar-refractivity contribution in [3.63, 3.8) is 0 Å². The monoisotopic (exact) mass is 254 g/mol. The number of rotatable bonds is 4. The van der Waals surface area contributed by atoms with Crippen molar-refractivity contribution >= 4 is 23.0 Å². The lowest BCUT2D eigenvalue weighted by Gasteiger charge is -2.31. The van der Waals surface area contributed by atoms with Crippen molar-refractivity contribution in [1.29, 1.82) is 0 Å². The summed E-state index contributed by atoms with van der Waals surface area (Å²) in [5.41, 5.74) is 7.70. The van der Waals surface area contributed by atoms with Gasteiger partial charge >= 0.3 is 0 Å². The van der Waals surface area contributed by atoms with Crippen molar-refractivity contribution in [3.05, 3.63) is 23.2 Å². The minimum atomic E-state index is 0.151. The SMILES string of the molecule is Nc1cc(Cl)ccc1N(CCO)C1CCCC1. The summed E-state index contributed by atoms with van der Waals surface area (Å²) in [6, 6.07) is 6.08. The number of benzene rings is 1. The molecule has 0 aliphatic heterocycles. The van der Waals surface area contributed by atoms with Gasteiger partial charge in [-0.3, -0.25) is 0 Å². The van der Waals surface area contributed by atoms with Gasteiger partial charge in [-0.2, -0.15) is 0 Å². The van der Waals surface area contributed by atoms with Crippen molar-refractivity contribution in [2.24, 2.45) is 0 Å². The van der Waals surface area contributed by atoms with E-state index >= 15 is 0 Å². The van der Waals surface area contributed by atoms with Gasteiger partial charge in [-0.15, -0.1) is 0 Å². The molecule has 3 N–H and O–H groups in total. The van der Waals surface area contributed by atoms with Crippen LogP contribution >= 0.6 is 11.6 Å². The van der Waals surface area contributed by atoms with E-state index in [1.54, 1.807) is 6.07 Å². The number of aliphatic hydroxyl groups is 1. The molecule has 2 rings (SSSR count). The third kappa shape index (κ3) is 2.85. The number of nitrogens with two attached hydrogens (primary N) is 1. The Morgan fingerprint density at radius 1 is 1.35 bits per heavy atom. The minimum absolute atomic E-state index is 0.151. The van der Waals surface area contributed by atoms with Crippen molar-refractivity contribution < 1.29 is 5.11 Å². The van der Waals surface area contributed by atoms with Crippen LogP contribution in [0.1, 0.15) is 25.7 Å². The molecule has 1 aromatic carbocycles. The average Bonchev–Trinajstić information content (AvgIpc) is 2.80. The fourth-order valence-corrected chi connectivity index (χ4v) is 2.79. The Balaban J connectivity index is 2.24. The lowest BCUT2D eigenvalue weighted by Crippen LogP contribution is -2.36. The van der Waals surface area contributed by atoms with Crippen molar-refractivity contribution in [2.45, 2.75) is 31.7 Å². The predicted octanol–water partition coefficient (Wildman–Crippen LogP) is 2.66. The van der Waals surface area contributed by atoms with E-state index in [-0.39, 0.29) is 6.61 Å². The number of aliphatic hydroxyl groups excluding tert-OH is 1. The van der Waals surface area contributed by atoms with Crippen LogP contribution in [0.2, 0.25) is 5.02 Å². The topological polar surface area (TPSA) is 49.5 Å². The maximum Gasteiger partial charge on any atom is 0.0606 e. The van der Waals surface area contributed by atoms with E-state index in [4.69, 9.17) is 17.3 Å². The van der Waals surface area contributed by atoms with Gasteiger partial charge in [-0.1, -0.05) is 24.4 Å². The van der Waals surface area contributed by atoms with Crippen molar-refractivity contribution in [1.82, 2.24) is 0 Å². The largest absolute Gasteiger partial charge is 0.397 e. The Bertz CT molecular complexity index is 378. The number of nitrogens with zero attached hydrogens (tertiary/aromatic N) is 1. The summed E-state index contributed by atoms with van der Waals surface area (Å²) in [7, 11) is 0. The standard InChI is InChI=1S/C13H19ClN2O/c14-10-5-6-13(12(15)9-10)16(7-8-17)11-3-1-2-4-11/h5-6,9,11,17H,1-4,7-8,15H2. The molecule has 4 heteroatoms. The smallest absolute Gasteiger partial charge is 0.0606 e. The van der Waals surface area contributed by atoms with Gasteiger partial charge in [0.2, 0.25) is 0 Å². The molecule has 1 fully saturated rings. The van der Waals surface area contributed by atoms with E-state index < -0.39 is 0 Å². The van der Waals surface area contributed by atoms with Gasteiger partial charge in [-0.25, -0.2) is 0 Å². The molecule has 0 spiro atoms. The van der Waals surface area contributed by atoms with Crippen LogP contribution in [-0.4, -0.2) is 24.3 Å². The summed E-state index contributed by atoms with van der Waals surface area (Å²) in [6.45, 7) is 0.787. The molecular formula is C13H19ClN2O. The van der Waals surface area contributed by atoms with Crippen LogP contribution in [-0.2, 0) is 0 Å². The maximum absolute atomic E-state index is 9.20. The van der Waals surface area contributed by atoms with Gasteiger partial charge in [0, 0.05) is 17.6 Å². The first-order valence-corrected chi connectivity index (χ1v) is 6.52. The highest BCUT2D eigenvalue weighted by molar-refractivity contribution is 6.31. The van der Waals surface area contributed by atoms with Crippen LogP contribution in [0, 0.1) is 0 Å². The van der Waals surface area contributed by atoms with Gasteiger partial charge in [0.15, 0.2) is 0 Å². The molecule has 0 amide bonds. The van der Waals surface area contributed by atoms with E-state index in [1.165, 1.54) is 25.7 Å². The van der Waals surface area contributed by atoms with Crippen LogP contribution in [0.3, 0.4) is 0 Å². The molecule has 1 aromatic rings.